The quantitative estimate of drug-likeness (QED) is 0.0320. The number of ether oxygens (including phenoxy) is 1. The molecular formula is C70H131NO5. The number of hydrogen-bond donors (Lipinski definition) is 3. The average Bonchev–Trinajstić information content (AvgIpc) is 3.42. The van der Waals surface area contributed by atoms with E-state index in [0.717, 1.165) is 57.8 Å². The summed E-state index contributed by atoms with van der Waals surface area (Å²) in [5, 5.41) is 23.2. The molecule has 0 saturated heterocycles. The maximum absolute atomic E-state index is 12.5. The number of carbonyl (C=O) groups excluding carboxylic acids is 2. The first kappa shape index (κ1) is 73.8. The molecule has 0 aliphatic rings. The minimum atomic E-state index is -0.850. The van der Waals surface area contributed by atoms with Gasteiger partial charge in [0.2, 0.25) is 5.91 Å². The lowest BCUT2D eigenvalue weighted by Crippen LogP contribution is -2.45. The zero-order chi connectivity index (χ0) is 55.0. The number of allylic oxidation sites excluding steroid dienone is 7. The lowest BCUT2D eigenvalue weighted by Gasteiger charge is -2.20. The smallest absolute Gasteiger partial charge is 0.305 e. The largest absolute Gasteiger partial charge is 0.466 e. The standard InChI is InChI=1S/C70H131NO5/c1-3-5-7-9-11-13-15-17-19-21-22-28-31-34-38-42-46-50-54-58-62-68(73)67(66-72)71-69(74)63-59-55-51-47-43-39-35-32-29-26-24-23-25-27-30-33-37-41-45-49-53-57-61-65-76-70(75)64-60-56-52-48-44-40-36-20-18-16-14-12-10-8-6-4-2/h14,16,20,26,29,36,58,62,67-68,72-73H,3-13,15,17-19,21-25,27-28,30-35,37-57,59-61,63-66H2,1-2H3,(H,71,74)/b16-14-,29-26-,36-20-,62-58+. The SMILES string of the molecule is CCCCCC/C=C\C/C=C\CCCCCCCC(=O)OCCCCCCCCCCCCCC/C=C\CCCCCCCCCC(=O)NC(CO)C(O)/C=C/CCCCCCCCCCCCCCCCCCCC. The first-order valence-corrected chi connectivity index (χ1v) is 33.9. The van der Waals surface area contributed by atoms with Crippen LogP contribution in [0.25, 0.3) is 0 Å². The Hall–Kier alpha value is -2.18. The second-order valence-corrected chi connectivity index (χ2v) is 23.1. The van der Waals surface area contributed by atoms with Crippen LogP contribution < -0.4 is 5.32 Å². The van der Waals surface area contributed by atoms with Gasteiger partial charge in [-0.25, -0.2) is 0 Å². The summed E-state index contributed by atoms with van der Waals surface area (Å²) in [6, 6.07) is -0.634. The molecule has 2 unspecified atom stereocenters. The number of amides is 1. The summed E-state index contributed by atoms with van der Waals surface area (Å²) in [4.78, 5) is 24.6. The van der Waals surface area contributed by atoms with Crippen LogP contribution in [0.1, 0.15) is 361 Å². The van der Waals surface area contributed by atoms with Gasteiger partial charge in [-0.15, -0.1) is 0 Å². The second-order valence-electron chi connectivity index (χ2n) is 23.1. The van der Waals surface area contributed by atoms with Gasteiger partial charge in [0.1, 0.15) is 0 Å². The molecule has 0 heterocycles. The van der Waals surface area contributed by atoms with E-state index in [1.54, 1.807) is 6.08 Å². The third-order valence-corrected chi connectivity index (χ3v) is 15.6. The lowest BCUT2D eigenvalue weighted by atomic mass is 10.0. The molecule has 0 aromatic rings. The molecule has 6 nitrogen and oxygen atoms in total. The van der Waals surface area contributed by atoms with E-state index in [2.05, 4.69) is 55.6 Å². The summed E-state index contributed by atoms with van der Waals surface area (Å²) in [5.41, 5.74) is 0. The first-order chi connectivity index (χ1) is 37.5. The molecule has 0 rings (SSSR count). The molecule has 0 aliphatic carbocycles. The summed E-state index contributed by atoms with van der Waals surface area (Å²) < 4.78 is 5.48. The predicted molar refractivity (Wildman–Crippen MR) is 333 cm³/mol. The van der Waals surface area contributed by atoms with Crippen molar-refractivity contribution in [1.82, 2.24) is 5.32 Å². The van der Waals surface area contributed by atoms with Gasteiger partial charge in [0, 0.05) is 12.8 Å². The summed E-state index contributed by atoms with van der Waals surface area (Å²) in [5.74, 6) is -0.0744. The van der Waals surface area contributed by atoms with E-state index in [-0.39, 0.29) is 18.5 Å². The predicted octanol–water partition coefficient (Wildman–Crippen LogP) is 21.7. The molecular weight excluding hydrogens is 935 g/mol. The van der Waals surface area contributed by atoms with Crippen molar-refractivity contribution in [3.63, 3.8) is 0 Å². The number of unbranched alkanes of at least 4 members (excludes halogenated alkanes) is 46. The van der Waals surface area contributed by atoms with Crippen LogP contribution in [0.5, 0.6) is 0 Å². The van der Waals surface area contributed by atoms with E-state index in [1.165, 1.54) is 276 Å². The number of carbonyl (C=O) groups is 2. The fourth-order valence-electron chi connectivity index (χ4n) is 10.4. The van der Waals surface area contributed by atoms with Crippen molar-refractivity contribution in [3.8, 4) is 0 Å². The minimum absolute atomic E-state index is 0.00241. The number of esters is 1. The van der Waals surface area contributed by atoms with Gasteiger partial charge in [-0.2, -0.15) is 0 Å². The highest BCUT2D eigenvalue weighted by Gasteiger charge is 2.18. The van der Waals surface area contributed by atoms with E-state index >= 15 is 0 Å². The van der Waals surface area contributed by atoms with Crippen molar-refractivity contribution in [2.45, 2.75) is 373 Å². The maximum Gasteiger partial charge on any atom is 0.305 e. The Morgan fingerprint density at radius 3 is 1.03 bits per heavy atom. The molecule has 0 radical (unpaired) electrons. The van der Waals surface area contributed by atoms with E-state index in [0.29, 0.717) is 19.4 Å². The van der Waals surface area contributed by atoms with Crippen LogP contribution in [-0.2, 0) is 14.3 Å². The highest BCUT2D eigenvalue weighted by molar-refractivity contribution is 5.76. The van der Waals surface area contributed by atoms with Gasteiger partial charge in [-0.1, -0.05) is 306 Å². The van der Waals surface area contributed by atoms with Gasteiger partial charge in [0.05, 0.1) is 25.4 Å². The van der Waals surface area contributed by atoms with Gasteiger partial charge in [-0.3, -0.25) is 9.59 Å². The fraction of sp³-hybridized carbons (Fsp3) is 0.857. The van der Waals surface area contributed by atoms with Crippen molar-refractivity contribution < 1.29 is 24.5 Å². The monoisotopic (exact) mass is 1070 g/mol. The van der Waals surface area contributed by atoms with Gasteiger partial charge in [-0.05, 0) is 89.9 Å². The Morgan fingerprint density at radius 1 is 0.368 bits per heavy atom. The average molecular weight is 1070 g/mol. The number of nitrogens with one attached hydrogen (secondary N) is 1. The molecule has 0 spiro atoms. The molecule has 1 amide bonds. The van der Waals surface area contributed by atoms with Crippen LogP contribution in [0.3, 0.4) is 0 Å². The van der Waals surface area contributed by atoms with Crippen molar-refractivity contribution in [2.24, 2.45) is 0 Å². The highest BCUT2D eigenvalue weighted by atomic mass is 16.5. The number of hydrogen-bond acceptors (Lipinski definition) is 5. The topological polar surface area (TPSA) is 95.9 Å². The molecule has 0 aliphatic heterocycles. The van der Waals surface area contributed by atoms with Crippen LogP contribution in [0.4, 0.5) is 0 Å². The summed E-state index contributed by atoms with van der Waals surface area (Å²) >= 11 is 0. The van der Waals surface area contributed by atoms with Crippen molar-refractivity contribution >= 4 is 11.9 Å². The van der Waals surface area contributed by atoms with Crippen LogP contribution in [-0.4, -0.2) is 47.4 Å². The van der Waals surface area contributed by atoms with Crippen molar-refractivity contribution in [1.29, 1.82) is 0 Å². The van der Waals surface area contributed by atoms with Crippen LogP contribution in [0.2, 0.25) is 0 Å². The maximum atomic E-state index is 12.5. The normalized spacial score (nSPS) is 12.8. The molecule has 3 N–H and O–H groups in total. The Morgan fingerprint density at radius 2 is 0.658 bits per heavy atom. The van der Waals surface area contributed by atoms with E-state index in [9.17, 15) is 19.8 Å². The van der Waals surface area contributed by atoms with Gasteiger partial charge in [0.25, 0.3) is 0 Å². The zero-order valence-electron chi connectivity index (χ0n) is 51.0. The Balaban J connectivity index is 3.45. The van der Waals surface area contributed by atoms with Crippen LogP contribution >= 0.6 is 0 Å². The Bertz CT molecular complexity index is 1270. The van der Waals surface area contributed by atoms with Crippen LogP contribution in [0.15, 0.2) is 48.6 Å². The first-order valence-electron chi connectivity index (χ1n) is 33.9. The van der Waals surface area contributed by atoms with Crippen molar-refractivity contribution in [3.05, 3.63) is 48.6 Å². The zero-order valence-corrected chi connectivity index (χ0v) is 51.0. The van der Waals surface area contributed by atoms with Gasteiger partial charge < -0.3 is 20.3 Å². The molecule has 2 atom stereocenters. The minimum Gasteiger partial charge on any atom is -0.466 e. The van der Waals surface area contributed by atoms with Crippen molar-refractivity contribution in [2.75, 3.05) is 13.2 Å². The number of rotatable bonds is 63. The number of aliphatic hydroxyl groups excluding tert-OH is 2. The van der Waals surface area contributed by atoms with Gasteiger partial charge in [0.15, 0.2) is 0 Å². The molecule has 0 bridgehead atoms. The Kier molecular flexibility index (Phi) is 63.5. The van der Waals surface area contributed by atoms with E-state index < -0.39 is 12.1 Å². The molecule has 0 saturated carbocycles. The third-order valence-electron chi connectivity index (χ3n) is 15.6. The summed E-state index contributed by atoms with van der Waals surface area (Å²) in [7, 11) is 0. The third kappa shape index (κ3) is 61.0. The summed E-state index contributed by atoms with van der Waals surface area (Å²) in [6.07, 6.45) is 84.5. The Labute approximate surface area is 474 Å². The van der Waals surface area contributed by atoms with E-state index in [4.69, 9.17) is 4.74 Å². The molecule has 6 heteroatoms. The second kappa shape index (κ2) is 65.3. The van der Waals surface area contributed by atoms with Gasteiger partial charge >= 0.3 is 5.97 Å². The highest BCUT2D eigenvalue weighted by Crippen LogP contribution is 2.17. The molecule has 0 aromatic heterocycles. The number of aliphatic hydroxyl groups is 2. The van der Waals surface area contributed by atoms with Crippen LogP contribution in [0, 0.1) is 0 Å². The van der Waals surface area contributed by atoms with E-state index in [1.807, 2.05) is 6.08 Å². The molecule has 446 valence electrons. The molecule has 0 aromatic carbocycles. The molecule has 0 fully saturated rings. The molecule has 76 heavy (non-hydrogen) atoms. The summed E-state index contributed by atoms with van der Waals surface area (Å²) in [6.45, 7) is 4.90. The lowest BCUT2D eigenvalue weighted by molar-refractivity contribution is -0.143. The fourth-order valence-corrected chi connectivity index (χ4v) is 10.4.